The first-order valence-electron chi connectivity index (χ1n) is 5.39. The van der Waals surface area contributed by atoms with E-state index >= 15 is 0 Å². The Morgan fingerprint density at radius 1 is 1.11 bits per heavy atom. The molecule has 0 amide bonds. The molecule has 100 valence electrons. The zero-order valence-electron chi connectivity index (χ0n) is 10.0. The molecule has 0 aliphatic carbocycles. The van der Waals surface area contributed by atoms with E-state index in [1.165, 1.54) is 6.07 Å². The third-order valence-electron chi connectivity index (χ3n) is 2.45. The monoisotopic (exact) mass is 299 g/mol. The van der Waals surface area contributed by atoms with Gasteiger partial charge in [-0.3, -0.25) is 4.72 Å². The van der Waals surface area contributed by atoms with Crippen LogP contribution in [0.4, 0.5) is 10.1 Å². The Morgan fingerprint density at radius 2 is 1.74 bits per heavy atom. The zero-order chi connectivity index (χ0) is 14.0. The van der Waals surface area contributed by atoms with Crippen LogP contribution in [-0.2, 0) is 10.0 Å². The second kappa shape index (κ2) is 5.19. The van der Waals surface area contributed by atoms with Crippen LogP contribution in [0.5, 0.6) is 0 Å². The highest BCUT2D eigenvalue weighted by Crippen LogP contribution is 2.28. The van der Waals surface area contributed by atoms with Crippen LogP contribution in [0.15, 0.2) is 42.5 Å². The summed E-state index contributed by atoms with van der Waals surface area (Å²) in [4.78, 5) is 0. The summed E-state index contributed by atoms with van der Waals surface area (Å²) < 4.78 is 38.7. The highest BCUT2D eigenvalue weighted by Gasteiger charge is 2.12. The van der Waals surface area contributed by atoms with E-state index in [2.05, 4.69) is 4.72 Å². The summed E-state index contributed by atoms with van der Waals surface area (Å²) in [5.74, 6) is -0.616. The van der Waals surface area contributed by atoms with E-state index in [-0.39, 0.29) is 5.69 Å². The van der Waals surface area contributed by atoms with Crippen molar-refractivity contribution in [3.63, 3.8) is 0 Å². The average Bonchev–Trinajstić information content (AvgIpc) is 2.32. The second-order valence-electron chi connectivity index (χ2n) is 4.05. The first-order chi connectivity index (χ1) is 8.87. The molecule has 0 saturated heterocycles. The van der Waals surface area contributed by atoms with Gasteiger partial charge in [0.1, 0.15) is 0 Å². The van der Waals surface area contributed by atoms with Crippen LogP contribution < -0.4 is 4.72 Å². The molecule has 0 aliphatic heterocycles. The summed E-state index contributed by atoms with van der Waals surface area (Å²) in [6, 6.07) is 11.2. The third kappa shape index (κ3) is 3.45. The van der Waals surface area contributed by atoms with Crippen molar-refractivity contribution in [2.24, 2.45) is 0 Å². The lowest BCUT2D eigenvalue weighted by molar-refractivity contribution is 0.604. The largest absolute Gasteiger partial charge is 0.281 e. The van der Waals surface area contributed by atoms with Crippen molar-refractivity contribution >= 4 is 27.3 Å². The van der Waals surface area contributed by atoms with Gasteiger partial charge in [0.25, 0.3) is 0 Å². The number of nitrogens with one attached hydrogen (secondary N) is 1. The summed E-state index contributed by atoms with van der Waals surface area (Å²) in [6.07, 6.45) is 0.974. The second-order valence-corrected chi connectivity index (χ2v) is 6.23. The van der Waals surface area contributed by atoms with Crippen molar-refractivity contribution in [2.75, 3.05) is 11.0 Å². The van der Waals surface area contributed by atoms with Crippen LogP contribution in [0.25, 0.3) is 11.1 Å². The fraction of sp³-hybridized carbons (Fsp3) is 0.0769. The molecule has 0 aromatic heterocycles. The number of anilines is 1. The molecule has 0 heterocycles. The van der Waals surface area contributed by atoms with Crippen LogP contribution in [0.3, 0.4) is 0 Å². The number of sulfonamides is 1. The van der Waals surface area contributed by atoms with Crippen molar-refractivity contribution in [1.29, 1.82) is 0 Å². The first kappa shape index (κ1) is 13.8. The van der Waals surface area contributed by atoms with Gasteiger partial charge in [0.05, 0.1) is 11.9 Å². The number of hydrogen-bond donors (Lipinski definition) is 1. The van der Waals surface area contributed by atoms with Gasteiger partial charge in [0, 0.05) is 10.6 Å². The summed E-state index contributed by atoms with van der Waals surface area (Å²) >= 11 is 5.77. The Labute approximate surface area is 116 Å². The number of hydrogen-bond acceptors (Lipinski definition) is 2. The molecule has 0 unspecified atom stereocenters. The van der Waals surface area contributed by atoms with E-state index in [0.29, 0.717) is 16.1 Å². The van der Waals surface area contributed by atoms with Gasteiger partial charge in [-0.25, -0.2) is 12.8 Å². The molecule has 1 N–H and O–H groups in total. The maximum absolute atomic E-state index is 14.2. The lowest BCUT2D eigenvalue weighted by Crippen LogP contribution is -2.11. The first-order valence-corrected chi connectivity index (χ1v) is 7.66. The lowest BCUT2D eigenvalue weighted by Gasteiger charge is -2.09. The smallest absolute Gasteiger partial charge is 0.229 e. The summed E-state index contributed by atoms with van der Waals surface area (Å²) in [5.41, 5.74) is 0.860. The van der Waals surface area contributed by atoms with E-state index in [1.807, 2.05) is 0 Å². The summed E-state index contributed by atoms with van der Waals surface area (Å²) in [5, 5.41) is 0.551. The normalized spacial score (nSPS) is 11.3. The molecule has 0 saturated carbocycles. The maximum atomic E-state index is 14.2. The molecular formula is C13H11ClFNO2S. The third-order valence-corrected chi connectivity index (χ3v) is 3.29. The summed E-state index contributed by atoms with van der Waals surface area (Å²) in [7, 11) is -3.52. The van der Waals surface area contributed by atoms with E-state index in [1.54, 1.807) is 36.4 Å². The molecule has 2 rings (SSSR count). The van der Waals surface area contributed by atoms with Crippen molar-refractivity contribution < 1.29 is 12.8 Å². The van der Waals surface area contributed by atoms with Crippen molar-refractivity contribution in [3.05, 3.63) is 53.3 Å². The van der Waals surface area contributed by atoms with Gasteiger partial charge in [0.2, 0.25) is 10.0 Å². The molecule has 0 spiro atoms. The van der Waals surface area contributed by atoms with Crippen LogP contribution >= 0.6 is 11.6 Å². The standard InChI is InChI=1S/C13H11ClFNO2S/c1-19(17,18)16-12-4-2-3-11(13(12)15)9-5-7-10(14)8-6-9/h2-8,16H,1H3. The molecule has 2 aromatic rings. The minimum absolute atomic E-state index is 0.0741. The molecule has 0 atom stereocenters. The Kier molecular flexibility index (Phi) is 3.78. The minimum Gasteiger partial charge on any atom is -0.281 e. The van der Waals surface area contributed by atoms with Gasteiger partial charge >= 0.3 is 0 Å². The topological polar surface area (TPSA) is 46.2 Å². The lowest BCUT2D eigenvalue weighted by atomic mass is 10.0. The number of benzene rings is 2. The summed E-state index contributed by atoms with van der Waals surface area (Å²) in [6.45, 7) is 0. The van der Waals surface area contributed by atoms with Gasteiger partial charge in [-0.2, -0.15) is 0 Å². The van der Waals surface area contributed by atoms with Crippen LogP contribution in [0, 0.1) is 5.82 Å². The van der Waals surface area contributed by atoms with Gasteiger partial charge in [-0.1, -0.05) is 35.9 Å². The Hall–Kier alpha value is -1.59. The maximum Gasteiger partial charge on any atom is 0.229 e. The fourth-order valence-corrected chi connectivity index (χ4v) is 2.35. The Balaban J connectivity index is 2.48. The molecule has 6 heteroatoms. The van der Waals surface area contributed by atoms with Crippen molar-refractivity contribution in [1.82, 2.24) is 0 Å². The molecule has 0 bridgehead atoms. The van der Waals surface area contributed by atoms with Gasteiger partial charge in [-0.15, -0.1) is 0 Å². The van der Waals surface area contributed by atoms with Crippen LogP contribution in [-0.4, -0.2) is 14.7 Å². The molecular weight excluding hydrogens is 289 g/mol. The molecule has 3 nitrogen and oxygen atoms in total. The zero-order valence-corrected chi connectivity index (χ0v) is 11.6. The molecule has 0 aliphatic rings. The highest BCUT2D eigenvalue weighted by atomic mass is 35.5. The van der Waals surface area contributed by atoms with Crippen molar-refractivity contribution in [2.45, 2.75) is 0 Å². The highest BCUT2D eigenvalue weighted by molar-refractivity contribution is 7.92. The minimum atomic E-state index is -3.52. The fourth-order valence-electron chi connectivity index (χ4n) is 1.66. The van der Waals surface area contributed by atoms with Gasteiger partial charge in [-0.05, 0) is 23.8 Å². The van der Waals surface area contributed by atoms with Crippen LogP contribution in [0.2, 0.25) is 5.02 Å². The predicted molar refractivity (Wildman–Crippen MR) is 75.3 cm³/mol. The van der Waals surface area contributed by atoms with E-state index < -0.39 is 15.8 Å². The number of rotatable bonds is 3. The van der Waals surface area contributed by atoms with E-state index in [4.69, 9.17) is 11.6 Å². The molecule has 0 radical (unpaired) electrons. The van der Waals surface area contributed by atoms with Gasteiger partial charge < -0.3 is 0 Å². The van der Waals surface area contributed by atoms with E-state index in [9.17, 15) is 12.8 Å². The van der Waals surface area contributed by atoms with Crippen LogP contribution in [0.1, 0.15) is 0 Å². The van der Waals surface area contributed by atoms with Gasteiger partial charge in [0.15, 0.2) is 5.82 Å². The Morgan fingerprint density at radius 3 is 2.32 bits per heavy atom. The molecule has 19 heavy (non-hydrogen) atoms. The molecule has 0 fully saturated rings. The number of halogens is 2. The quantitative estimate of drug-likeness (QED) is 0.942. The predicted octanol–water partition coefficient (Wildman–Crippen LogP) is 3.52. The van der Waals surface area contributed by atoms with Crippen molar-refractivity contribution in [3.8, 4) is 11.1 Å². The Bertz CT molecular complexity index is 699. The average molecular weight is 300 g/mol. The molecule has 2 aromatic carbocycles. The SMILES string of the molecule is CS(=O)(=O)Nc1cccc(-c2ccc(Cl)cc2)c1F. The van der Waals surface area contributed by atoms with E-state index in [0.717, 1.165) is 6.26 Å².